The maximum Gasteiger partial charge on any atom is 0.236 e. The van der Waals surface area contributed by atoms with E-state index < -0.39 is 0 Å². The van der Waals surface area contributed by atoms with Gasteiger partial charge in [-0.25, -0.2) is 0 Å². The van der Waals surface area contributed by atoms with Crippen LogP contribution in [0.2, 0.25) is 0 Å². The summed E-state index contributed by atoms with van der Waals surface area (Å²) in [6.45, 7) is 0.810. The number of benzene rings is 1. The second-order valence-corrected chi connectivity index (χ2v) is 4.56. The normalized spacial score (nSPS) is 17.6. The lowest BCUT2D eigenvalue weighted by atomic mass is 10.0. The molecule has 1 heterocycles. The van der Waals surface area contributed by atoms with Crippen LogP contribution in [0.1, 0.15) is 24.4 Å². The minimum Gasteiger partial charge on any atom is -0.497 e. The molecular weight excluding hydrogens is 280 g/mol. The maximum atomic E-state index is 11.9. The number of halogens is 1. The number of likely N-dealkylation sites (tertiary alicyclic amines) is 1. The van der Waals surface area contributed by atoms with Gasteiger partial charge in [-0.1, -0.05) is 0 Å². The van der Waals surface area contributed by atoms with Gasteiger partial charge in [0.2, 0.25) is 5.91 Å². The first-order chi connectivity index (χ1) is 9.21. The molecule has 1 saturated heterocycles. The van der Waals surface area contributed by atoms with E-state index in [1.54, 1.807) is 14.2 Å². The third-order valence-corrected chi connectivity index (χ3v) is 3.55. The van der Waals surface area contributed by atoms with Crippen LogP contribution in [-0.2, 0) is 4.79 Å². The molecule has 0 spiro atoms. The molecular formula is C14H21ClN2O3. The fourth-order valence-electron chi connectivity index (χ4n) is 2.60. The van der Waals surface area contributed by atoms with Gasteiger partial charge in [0.25, 0.3) is 0 Å². The second kappa shape index (κ2) is 7.36. The highest BCUT2D eigenvalue weighted by Gasteiger charge is 2.31. The first kappa shape index (κ1) is 16.6. The van der Waals surface area contributed by atoms with Crippen molar-refractivity contribution in [3.8, 4) is 11.5 Å². The third kappa shape index (κ3) is 3.16. The molecule has 20 heavy (non-hydrogen) atoms. The average Bonchev–Trinajstić information content (AvgIpc) is 2.94. The zero-order valence-corrected chi connectivity index (χ0v) is 12.6. The fourth-order valence-corrected chi connectivity index (χ4v) is 2.60. The van der Waals surface area contributed by atoms with E-state index >= 15 is 0 Å². The lowest BCUT2D eigenvalue weighted by Crippen LogP contribution is -2.35. The quantitative estimate of drug-likeness (QED) is 0.920. The summed E-state index contributed by atoms with van der Waals surface area (Å²) in [5, 5.41) is 0. The van der Waals surface area contributed by atoms with Crippen LogP contribution < -0.4 is 15.2 Å². The van der Waals surface area contributed by atoms with E-state index in [-0.39, 0.29) is 30.9 Å². The summed E-state index contributed by atoms with van der Waals surface area (Å²) in [6.07, 6.45) is 1.93. The Morgan fingerprint density at radius 3 is 2.75 bits per heavy atom. The van der Waals surface area contributed by atoms with Crippen LogP contribution in [0.5, 0.6) is 11.5 Å². The monoisotopic (exact) mass is 300 g/mol. The van der Waals surface area contributed by atoms with Crippen molar-refractivity contribution in [1.82, 2.24) is 4.90 Å². The number of amides is 1. The number of hydrogen-bond donors (Lipinski definition) is 1. The molecule has 0 saturated carbocycles. The van der Waals surface area contributed by atoms with Gasteiger partial charge in [0.15, 0.2) is 0 Å². The molecule has 0 radical (unpaired) electrons. The molecule has 5 nitrogen and oxygen atoms in total. The molecule has 0 aliphatic carbocycles. The van der Waals surface area contributed by atoms with Gasteiger partial charge in [-0.05, 0) is 25.0 Å². The second-order valence-electron chi connectivity index (χ2n) is 4.56. The van der Waals surface area contributed by atoms with E-state index in [4.69, 9.17) is 15.2 Å². The zero-order valence-electron chi connectivity index (χ0n) is 11.8. The highest BCUT2D eigenvalue weighted by molar-refractivity contribution is 5.85. The summed E-state index contributed by atoms with van der Waals surface area (Å²) in [6, 6.07) is 5.75. The fraction of sp³-hybridized carbons (Fsp3) is 0.500. The number of carbonyl (C=O) groups is 1. The molecule has 2 rings (SSSR count). The van der Waals surface area contributed by atoms with Crippen molar-refractivity contribution in [2.24, 2.45) is 5.73 Å². The lowest BCUT2D eigenvalue weighted by molar-refractivity contribution is -0.130. The molecule has 1 aromatic carbocycles. The number of nitrogens with zero attached hydrogens (tertiary/aromatic N) is 1. The van der Waals surface area contributed by atoms with Crippen LogP contribution in [0.25, 0.3) is 0 Å². The summed E-state index contributed by atoms with van der Waals surface area (Å²) < 4.78 is 10.6. The third-order valence-electron chi connectivity index (χ3n) is 3.55. The van der Waals surface area contributed by atoms with E-state index in [0.717, 1.165) is 36.4 Å². The van der Waals surface area contributed by atoms with Gasteiger partial charge in [-0.2, -0.15) is 0 Å². The molecule has 1 atom stereocenters. The van der Waals surface area contributed by atoms with Crippen LogP contribution in [0, 0.1) is 0 Å². The first-order valence-corrected chi connectivity index (χ1v) is 6.42. The van der Waals surface area contributed by atoms with Crippen LogP contribution in [-0.4, -0.2) is 38.1 Å². The summed E-state index contributed by atoms with van der Waals surface area (Å²) >= 11 is 0. The van der Waals surface area contributed by atoms with E-state index in [9.17, 15) is 4.79 Å². The average molecular weight is 301 g/mol. The Balaban J connectivity index is 0.00000200. The van der Waals surface area contributed by atoms with E-state index in [1.807, 2.05) is 23.1 Å². The Morgan fingerprint density at radius 1 is 1.40 bits per heavy atom. The van der Waals surface area contributed by atoms with Crippen molar-refractivity contribution >= 4 is 18.3 Å². The number of methoxy groups -OCH3 is 2. The minimum absolute atomic E-state index is 0. The zero-order chi connectivity index (χ0) is 13.8. The van der Waals surface area contributed by atoms with Crippen molar-refractivity contribution in [2.75, 3.05) is 27.3 Å². The van der Waals surface area contributed by atoms with Crippen molar-refractivity contribution in [3.63, 3.8) is 0 Å². The molecule has 1 aliphatic rings. The number of rotatable bonds is 4. The molecule has 1 aromatic rings. The van der Waals surface area contributed by atoms with Crippen LogP contribution in [0.4, 0.5) is 0 Å². The molecule has 1 fully saturated rings. The van der Waals surface area contributed by atoms with Gasteiger partial charge in [-0.3, -0.25) is 4.79 Å². The topological polar surface area (TPSA) is 64.8 Å². The minimum atomic E-state index is -0.0135. The van der Waals surface area contributed by atoms with Crippen molar-refractivity contribution in [3.05, 3.63) is 23.8 Å². The summed E-state index contributed by atoms with van der Waals surface area (Å²) in [4.78, 5) is 13.7. The van der Waals surface area contributed by atoms with Gasteiger partial charge < -0.3 is 20.1 Å². The predicted molar refractivity (Wildman–Crippen MR) is 79.5 cm³/mol. The number of carbonyl (C=O) groups excluding carboxylic acids is 1. The molecule has 2 N–H and O–H groups in total. The largest absolute Gasteiger partial charge is 0.497 e. The predicted octanol–water partition coefficient (Wildman–Crippen LogP) is 1.75. The number of nitrogens with two attached hydrogens (primary N) is 1. The molecule has 6 heteroatoms. The Kier molecular flexibility index (Phi) is 6.10. The highest BCUT2D eigenvalue weighted by Crippen LogP contribution is 2.38. The van der Waals surface area contributed by atoms with Crippen LogP contribution >= 0.6 is 12.4 Å². The molecule has 112 valence electrons. The van der Waals surface area contributed by atoms with Gasteiger partial charge in [0.05, 0.1) is 26.8 Å². The molecule has 0 bridgehead atoms. The maximum absolute atomic E-state index is 11.9. The van der Waals surface area contributed by atoms with E-state index in [2.05, 4.69) is 0 Å². The molecule has 1 amide bonds. The number of ether oxygens (including phenoxy) is 2. The molecule has 0 aromatic heterocycles. The standard InChI is InChI=1S/C14H20N2O3.ClH/c1-18-10-5-6-11(13(8-10)19-2)12-4-3-7-16(12)14(17)9-15;/h5-6,8,12H,3-4,7,9,15H2,1-2H3;1H. The highest BCUT2D eigenvalue weighted by atomic mass is 35.5. The SMILES string of the molecule is COc1ccc(C2CCCN2C(=O)CN)c(OC)c1.Cl. The van der Waals surface area contributed by atoms with Crippen LogP contribution in [0.3, 0.4) is 0 Å². The summed E-state index contributed by atoms with van der Waals surface area (Å²) in [5.41, 5.74) is 6.48. The van der Waals surface area contributed by atoms with Crippen molar-refractivity contribution in [2.45, 2.75) is 18.9 Å². The Bertz CT molecular complexity index is 468. The van der Waals surface area contributed by atoms with Crippen molar-refractivity contribution in [1.29, 1.82) is 0 Å². The van der Waals surface area contributed by atoms with E-state index in [0.29, 0.717) is 0 Å². The van der Waals surface area contributed by atoms with E-state index in [1.165, 1.54) is 0 Å². The first-order valence-electron chi connectivity index (χ1n) is 6.42. The molecule has 1 aliphatic heterocycles. The van der Waals surface area contributed by atoms with Gasteiger partial charge in [0, 0.05) is 18.2 Å². The Hall–Kier alpha value is -1.46. The Morgan fingerprint density at radius 2 is 2.15 bits per heavy atom. The summed E-state index contributed by atoms with van der Waals surface area (Å²) in [5.74, 6) is 1.48. The van der Waals surface area contributed by atoms with Gasteiger partial charge >= 0.3 is 0 Å². The van der Waals surface area contributed by atoms with Crippen molar-refractivity contribution < 1.29 is 14.3 Å². The summed E-state index contributed by atoms with van der Waals surface area (Å²) in [7, 11) is 3.25. The van der Waals surface area contributed by atoms with Gasteiger partial charge in [-0.15, -0.1) is 12.4 Å². The lowest BCUT2D eigenvalue weighted by Gasteiger charge is -2.26. The van der Waals surface area contributed by atoms with Crippen LogP contribution in [0.15, 0.2) is 18.2 Å². The Labute approximate surface area is 125 Å². The number of hydrogen-bond acceptors (Lipinski definition) is 4. The molecule has 1 unspecified atom stereocenters. The van der Waals surface area contributed by atoms with Gasteiger partial charge in [0.1, 0.15) is 11.5 Å². The smallest absolute Gasteiger partial charge is 0.236 e.